The molecule has 2 heterocycles. The molecule has 2 fully saturated rings. The van der Waals surface area contributed by atoms with Gasteiger partial charge < -0.3 is 9.47 Å². The minimum atomic E-state index is -0.818. The average molecular weight is 410 g/mol. The number of fused-ring (bicyclic) bond motifs is 2. The number of likely N-dealkylation sites (tertiary alicyclic amines) is 1. The van der Waals surface area contributed by atoms with Gasteiger partial charge in [-0.15, -0.1) is 0 Å². The van der Waals surface area contributed by atoms with Gasteiger partial charge in [0.15, 0.2) is 0 Å². The molecule has 0 radical (unpaired) electrons. The Morgan fingerprint density at radius 1 is 1.10 bits per heavy atom. The fourth-order valence-electron chi connectivity index (χ4n) is 4.77. The SMILES string of the molecule is COC(=O)[C@@H]1N[C@H](c2ccc3ccccc3c2)C2C(=O)N(C(C)=O)[C@@H](OC(C)C)C21. The van der Waals surface area contributed by atoms with Gasteiger partial charge in [-0.05, 0) is 36.2 Å². The molecule has 7 nitrogen and oxygen atoms in total. The molecule has 158 valence electrons. The second-order valence-corrected chi connectivity index (χ2v) is 8.16. The summed E-state index contributed by atoms with van der Waals surface area (Å²) in [6.07, 6.45) is -1.04. The van der Waals surface area contributed by atoms with Gasteiger partial charge in [0.1, 0.15) is 12.3 Å². The molecule has 0 bridgehead atoms. The van der Waals surface area contributed by atoms with Crippen molar-refractivity contribution in [1.82, 2.24) is 10.2 Å². The monoisotopic (exact) mass is 410 g/mol. The molecular formula is C23H26N2O5. The van der Waals surface area contributed by atoms with E-state index in [0.717, 1.165) is 16.3 Å². The quantitative estimate of drug-likeness (QED) is 0.779. The van der Waals surface area contributed by atoms with Gasteiger partial charge in [-0.25, -0.2) is 0 Å². The number of carbonyl (C=O) groups excluding carboxylic acids is 3. The topological polar surface area (TPSA) is 84.9 Å². The van der Waals surface area contributed by atoms with E-state index in [4.69, 9.17) is 9.47 Å². The van der Waals surface area contributed by atoms with E-state index in [1.807, 2.05) is 56.3 Å². The number of amides is 2. The maximum atomic E-state index is 13.4. The van der Waals surface area contributed by atoms with Crippen molar-refractivity contribution in [2.24, 2.45) is 11.8 Å². The standard InChI is InChI=1S/C23H26N2O5/c1-12(2)30-22-18-17(21(27)25(22)13(3)26)19(24-20(18)23(28)29-4)16-10-9-14-7-5-6-8-15(14)11-16/h5-12,17-20,22,24H,1-4H3/t17?,18?,19-,20-,22+/m1/s1. The summed E-state index contributed by atoms with van der Waals surface area (Å²) < 4.78 is 11.0. The van der Waals surface area contributed by atoms with E-state index in [2.05, 4.69) is 5.32 Å². The number of hydrogen-bond acceptors (Lipinski definition) is 6. The lowest BCUT2D eigenvalue weighted by Crippen LogP contribution is -2.49. The molecule has 7 heteroatoms. The molecule has 2 aromatic carbocycles. The fraction of sp³-hybridized carbons (Fsp3) is 0.435. The predicted molar refractivity (Wildman–Crippen MR) is 110 cm³/mol. The van der Waals surface area contributed by atoms with Crippen LogP contribution in [0.4, 0.5) is 0 Å². The third-order valence-electron chi connectivity index (χ3n) is 5.96. The van der Waals surface area contributed by atoms with Crippen molar-refractivity contribution in [3.63, 3.8) is 0 Å². The summed E-state index contributed by atoms with van der Waals surface area (Å²) in [5.74, 6) is -2.32. The third kappa shape index (κ3) is 3.28. The first-order chi connectivity index (χ1) is 14.3. The first-order valence-corrected chi connectivity index (χ1v) is 10.1. The first kappa shape index (κ1) is 20.5. The van der Waals surface area contributed by atoms with Crippen LogP contribution in [0.25, 0.3) is 10.8 Å². The van der Waals surface area contributed by atoms with Crippen molar-refractivity contribution in [2.45, 2.75) is 45.2 Å². The van der Waals surface area contributed by atoms with Crippen LogP contribution in [0.1, 0.15) is 32.4 Å². The van der Waals surface area contributed by atoms with Gasteiger partial charge in [-0.3, -0.25) is 24.6 Å². The van der Waals surface area contributed by atoms with Crippen LogP contribution in [0.3, 0.4) is 0 Å². The highest BCUT2D eigenvalue weighted by molar-refractivity contribution is 5.99. The number of nitrogens with zero attached hydrogens (tertiary/aromatic N) is 1. The molecule has 5 atom stereocenters. The Morgan fingerprint density at radius 3 is 2.43 bits per heavy atom. The highest BCUT2D eigenvalue weighted by Crippen LogP contribution is 2.47. The molecule has 0 aliphatic carbocycles. The van der Waals surface area contributed by atoms with Crippen LogP contribution in [0.5, 0.6) is 0 Å². The zero-order valence-corrected chi connectivity index (χ0v) is 17.5. The molecule has 2 saturated heterocycles. The van der Waals surface area contributed by atoms with E-state index in [9.17, 15) is 14.4 Å². The Balaban J connectivity index is 1.80. The first-order valence-electron chi connectivity index (χ1n) is 10.1. The van der Waals surface area contributed by atoms with E-state index in [-0.39, 0.29) is 17.9 Å². The van der Waals surface area contributed by atoms with Gasteiger partial charge in [-0.2, -0.15) is 0 Å². The molecule has 2 aliphatic heterocycles. The van der Waals surface area contributed by atoms with Gasteiger partial charge in [0, 0.05) is 18.9 Å². The molecular weight excluding hydrogens is 384 g/mol. The van der Waals surface area contributed by atoms with Crippen molar-refractivity contribution in [3.05, 3.63) is 48.0 Å². The highest BCUT2D eigenvalue weighted by Gasteiger charge is 2.62. The van der Waals surface area contributed by atoms with Crippen molar-refractivity contribution in [2.75, 3.05) is 7.11 Å². The highest BCUT2D eigenvalue weighted by atomic mass is 16.5. The van der Waals surface area contributed by atoms with Crippen LogP contribution in [-0.4, -0.2) is 48.2 Å². The average Bonchev–Trinajstić information content (AvgIpc) is 3.23. The van der Waals surface area contributed by atoms with E-state index in [0.29, 0.717) is 0 Å². The number of imide groups is 1. The fourth-order valence-corrected chi connectivity index (χ4v) is 4.77. The Kier molecular flexibility index (Phi) is 5.34. The van der Waals surface area contributed by atoms with Crippen molar-refractivity contribution in [1.29, 1.82) is 0 Å². The molecule has 2 aliphatic rings. The maximum absolute atomic E-state index is 13.4. The summed E-state index contributed by atoms with van der Waals surface area (Å²) in [6, 6.07) is 12.7. The van der Waals surface area contributed by atoms with Gasteiger partial charge in [0.05, 0.1) is 19.1 Å². The van der Waals surface area contributed by atoms with E-state index < -0.39 is 36.1 Å². The second-order valence-electron chi connectivity index (χ2n) is 8.16. The predicted octanol–water partition coefficient (Wildman–Crippen LogP) is 2.40. The molecule has 0 spiro atoms. The lowest BCUT2D eigenvalue weighted by atomic mass is 9.85. The lowest BCUT2D eigenvalue weighted by molar-refractivity contribution is -0.161. The Labute approximate surface area is 175 Å². The number of rotatable bonds is 4. The Bertz CT molecular complexity index is 1000. The summed E-state index contributed by atoms with van der Waals surface area (Å²) in [5, 5.41) is 5.43. The minimum Gasteiger partial charge on any atom is -0.468 e. The lowest BCUT2D eigenvalue weighted by Gasteiger charge is -2.29. The zero-order chi connectivity index (χ0) is 21.6. The van der Waals surface area contributed by atoms with Crippen molar-refractivity contribution in [3.8, 4) is 0 Å². The molecule has 2 unspecified atom stereocenters. The van der Waals surface area contributed by atoms with E-state index >= 15 is 0 Å². The Hall–Kier alpha value is -2.77. The third-order valence-corrected chi connectivity index (χ3v) is 5.96. The van der Waals surface area contributed by atoms with Crippen molar-refractivity contribution >= 4 is 28.6 Å². The number of nitrogens with one attached hydrogen (secondary N) is 1. The van der Waals surface area contributed by atoms with E-state index in [1.165, 1.54) is 18.9 Å². The number of methoxy groups -OCH3 is 1. The summed E-state index contributed by atoms with van der Waals surface area (Å²) in [4.78, 5) is 39.5. The largest absolute Gasteiger partial charge is 0.468 e. The van der Waals surface area contributed by atoms with Gasteiger partial charge in [0.25, 0.3) is 0 Å². The summed E-state index contributed by atoms with van der Waals surface area (Å²) >= 11 is 0. The number of esters is 1. The second kappa shape index (κ2) is 7.81. The molecule has 1 N–H and O–H groups in total. The number of benzene rings is 2. The molecule has 2 amide bonds. The molecule has 0 saturated carbocycles. The van der Waals surface area contributed by atoms with Gasteiger partial charge >= 0.3 is 5.97 Å². The number of hydrogen-bond donors (Lipinski definition) is 1. The summed E-state index contributed by atoms with van der Waals surface area (Å²) in [7, 11) is 1.32. The van der Waals surface area contributed by atoms with Crippen LogP contribution in [0.15, 0.2) is 42.5 Å². The molecule has 4 rings (SSSR count). The van der Waals surface area contributed by atoms with Gasteiger partial charge in [0.2, 0.25) is 11.8 Å². The van der Waals surface area contributed by atoms with Crippen LogP contribution >= 0.6 is 0 Å². The normalized spacial score (nSPS) is 28.2. The van der Waals surface area contributed by atoms with Crippen molar-refractivity contribution < 1.29 is 23.9 Å². The van der Waals surface area contributed by atoms with Gasteiger partial charge in [-0.1, -0.05) is 36.4 Å². The summed E-state index contributed by atoms with van der Waals surface area (Å²) in [6.45, 7) is 5.03. The van der Waals surface area contributed by atoms with Crippen LogP contribution in [-0.2, 0) is 23.9 Å². The molecule has 2 aromatic rings. The maximum Gasteiger partial charge on any atom is 0.323 e. The smallest absolute Gasteiger partial charge is 0.323 e. The van der Waals surface area contributed by atoms with Crippen LogP contribution in [0.2, 0.25) is 0 Å². The minimum absolute atomic E-state index is 0.221. The van der Waals surface area contributed by atoms with Crippen LogP contribution in [0, 0.1) is 11.8 Å². The van der Waals surface area contributed by atoms with E-state index in [1.54, 1.807) is 0 Å². The number of ether oxygens (including phenoxy) is 2. The molecule has 0 aromatic heterocycles. The summed E-state index contributed by atoms with van der Waals surface area (Å²) in [5.41, 5.74) is 0.886. The number of carbonyl (C=O) groups is 3. The Morgan fingerprint density at radius 2 is 1.80 bits per heavy atom. The van der Waals surface area contributed by atoms with Crippen LogP contribution < -0.4 is 5.32 Å². The molecule has 30 heavy (non-hydrogen) atoms. The zero-order valence-electron chi connectivity index (χ0n) is 17.5.